The van der Waals surface area contributed by atoms with Crippen molar-refractivity contribution in [3.8, 4) is 0 Å². The van der Waals surface area contributed by atoms with Crippen LogP contribution in [0.25, 0.3) is 0 Å². The van der Waals surface area contributed by atoms with Crippen molar-refractivity contribution in [2.24, 2.45) is 0 Å². The molecular weight excluding hydrogens is 231 g/mol. The Bertz CT molecular complexity index is 428. The topological polar surface area (TPSA) is 20.3 Å². The van der Waals surface area contributed by atoms with Crippen LogP contribution in [0.2, 0.25) is 0 Å². The highest BCUT2D eigenvalue weighted by molar-refractivity contribution is 5.82. The molecule has 1 heterocycles. The Kier molecular flexibility index (Phi) is 3.19. The Balaban J connectivity index is 2.18. The van der Waals surface area contributed by atoms with E-state index in [2.05, 4.69) is 0 Å². The van der Waals surface area contributed by atoms with Crippen LogP contribution in [-0.4, -0.2) is 23.8 Å². The van der Waals surface area contributed by atoms with Gasteiger partial charge in [-0.1, -0.05) is 18.2 Å². The van der Waals surface area contributed by atoms with Crippen LogP contribution >= 0.6 is 0 Å². The summed E-state index contributed by atoms with van der Waals surface area (Å²) in [5.41, 5.74) is -0.381. The number of carbonyl (C=O) groups is 1. The lowest BCUT2D eigenvalue weighted by molar-refractivity contribution is -0.138. The molecule has 0 aromatic heterocycles. The zero-order valence-electron chi connectivity index (χ0n) is 9.13. The standard InChI is InChI=1S/C12H12F3NO/c13-12(14,15)11-4-2-1-3-9(11)7-16-6-5-10(17)8-16/h1-4H,5-8H2. The molecule has 5 heteroatoms. The third-order valence-corrected chi connectivity index (χ3v) is 2.82. The van der Waals surface area contributed by atoms with Gasteiger partial charge in [0.15, 0.2) is 0 Å². The van der Waals surface area contributed by atoms with E-state index in [-0.39, 0.29) is 24.4 Å². The highest BCUT2D eigenvalue weighted by atomic mass is 19.4. The second-order valence-electron chi connectivity index (χ2n) is 4.15. The number of benzene rings is 1. The minimum atomic E-state index is -4.33. The number of halogens is 3. The summed E-state index contributed by atoms with van der Waals surface area (Å²) in [7, 11) is 0. The highest BCUT2D eigenvalue weighted by Gasteiger charge is 2.33. The quantitative estimate of drug-likeness (QED) is 0.795. The Labute approximate surface area is 97.0 Å². The van der Waals surface area contributed by atoms with Gasteiger partial charge in [-0.25, -0.2) is 0 Å². The molecule has 1 aliphatic heterocycles. The summed E-state index contributed by atoms with van der Waals surface area (Å²) in [6, 6.07) is 5.50. The molecule has 0 bridgehead atoms. The number of ketones is 1. The van der Waals surface area contributed by atoms with Crippen LogP contribution in [0.3, 0.4) is 0 Å². The fourth-order valence-corrected chi connectivity index (χ4v) is 2.00. The molecule has 2 nitrogen and oxygen atoms in total. The number of hydrogen-bond donors (Lipinski definition) is 0. The maximum atomic E-state index is 12.7. The van der Waals surface area contributed by atoms with Crippen LogP contribution in [0.15, 0.2) is 24.3 Å². The molecule has 0 radical (unpaired) electrons. The number of likely N-dealkylation sites (tertiary alicyclic amines) is 1. The lowest BCUT2D eigenvalue weighted by Gasteiger charge is -2.17. The van der Waals surface area contributed by atoms with Crippen molar-refractivity contribution in [2.45, 2.75) is 19.1 Å². The number of hydrogen-bond acceptors (Lipinski definition) is 2. The fourth-order valence-electron chi connectivity index (χ4n) is 2.00. The van der Waals surface area contributed by atoms with E-state index in [0.29, 0.717) is 13.0 Å². The van der Waals surface area contributed by atoms with E-state index >= 15 is 0 Å². The average molecular weight is 243 g/mol. The predicted molar refractivity (Wildman–Crippen MR) is 56.3 cm³/mol. The largest absolute Gasteiger partial charge is 0.416 e. The van der Waals surface area contributed by atoms with E-state index in [1.807, 2.05) is 0 Å². The first-order valence-electron chi connectivity index (χ1n) is 5.36. The molecule has 0 aliphatic carbocycles. The molecule has 2 rings (SSSR count). The Morgan fingerprint density at radius 2 is 1.94 bits per heavy atom. The van der Waals surface area contributed by atoms with Gasteiger partial charge in [-0.2, -0.15) is 13.2 Å². The molecule has 0 atom stereocenters. The fraction of sp³-hybridized carbons (Fsp3) is 0.417. The maximum absolute atomic E-state index is 12.7. The van der Waals surface area contributed by atoms with Crippen LogP contribution in [0.5, 0.6) is 0 Å². The van der Waals surface area contributed by atoms with Gasteiger partial charge >= 0.3 is 6.18 Å². The molecule has 1 aliphatic rings. The number of nitrogens with zero attached hydrogens (tertiary/aromatic N) is 1. The van der Waals surface area contributed by atoms with Gasteiger partial charge in [0.2, 0.25) is 0 Å². The number of carbonyl (C=O) groups excluding carboxylic acids is 1. The summed E-state index contributed by atoms with van der Waals surface area (Å²) >= 11 is 0. The van der Waals surface area contributed by atoms with Crippen molar-refractivity contribution in [2.75, 3.05) is 13.1 Å². The van der Waals surface area contributed by atoms with Gasteiger partial charge in [0.25, 0.3) is 0 Å². The first kappa shape index (κ1) is 12.1. The Hall–Kier alpha value is -1.36. The van der Waals surface area contributed by atoms with Gasteiger partial charge in [0.1, 0.15) is 5.78 Å². The van der Waals surface area contributed by atoms with E-state index in [0.717, 1.165) is 6.07 Å². The second-order valence-corrected chi connectivity index (χ2v) is 4.15. The predicted octanol–water partition coefficient (Wildman–Crippen LogP) is 2.48. The monoisotopic (exact) mass is 243 g/mol. The normalized spacial score (nSPS) is 17.7. The van der Waals surface area contributed by atoms with E-state index < -0.39 is 11.7 Å². The molecule has 1 aromatic rings. The van der Waals surface area contributed by atoms with Crippen LogP contribution in [0.4, 0.5) is 13.2 Å². The van der Waals surface area contributed by atoms with Crippen molar-refractivity contribution in [3.63, 3.8) is 0 Å². The van der Waals surface area contributed by atoms with Crippen molar-refractivity contribution in [1.29, 1.82) is 0 Å². The SMILES string of the molecule is O=C1CCN(Cc2ccccc2C(F)(F)F)C1. The molecule has 0 N–H and O–H groups in total. The van der Waals surface area contributed by atoms with Crippen molar-refractivity contribution in [3.05, 3.63) is 35.4 Å². The van der Waals surface area contributed by atoms with Crippen LogP contribution in [0, 0.1) is 0 Å². The zero-order valence-corrected chi connectivity index (χ0v) is 9.13. The van der Waals surface area contributed by atoms with Crippen LogP contribution < -0.4 is 0 Å². The van der Waals surface area contributed by atoms with Crippen molar-refractivity contribution >= 4 is 5.78 Å². The number of Topliss-reactive ketones (excluding diaryl/α,β-unsaturated/α-hetero) is 1. The summed E-state index contributed by atoms with van der Waals surface area (Å²) in [5.74, 6) is 0.0921. The minimum Gasteiger partial charge on any atom is -0.298 e. The smallest absolute Gasteiger partial charge is 0.298 e. The van der Waals surface area contributed by atoms with E-state index in [4.69, 9.17) is 0 Å². The van der Waals surface area contributed by atoms with E-state index in [9.17, 15) is 18.0 Å². The first-order chi connectivity index (χ1) is 7.97. The summed E-state index contributed by atoms with van der Waals surface area (Å²) < 4.78 is 38.1. The van der Waals surface area contributed by atoms with Gasteiger partial charge in [-0.05, 0) is 11.6 Å². The van der Waals surface area contributed by atoms with E-state index in [1.165, 1.54) is 12.1 Å². The Morgan fingerprint density at radius 3 is 2.53 bits per heavy atom. The van der Waals surface area contributed by atoms with Crippen molar-refractivity contribution < 1.29 is 18.0 Å². The first-order valence-corrected chi connectivity index (χ1v) is 5.36. The molecule has 1 fully saturated rings. The summed E-state index contributed by atoms with van der Waals surface area (Å²) in [5, 5.41) is 0. The molecule has 0 spiro atoms. The van der Waals surface area contributed by atoms with Crippen LogP contribution in [0.1, 0.15) is 17.5 Å². The molecule has 1 saturated heterocycles. The number of rotatable bonds is 2. The van der Waals surface area contributed by atoms with Gasteiger partial charge in [0.05, 0.1) is 12.1 Å². The minimum absolute atomic E-state index is 0.0921. The molecular formula is C12H12F3NO. The molecule has 0 amide bonds. The summed E-state index contributed by atoms with van der Waals surface area (Å²) in [6.07, 6.45) is -3.89. The van der Waals surface area contributed by atoms with Gasteiger partial charge in [-0.15, -0.1) is 0 Å². The van der Waals surface area contributed by atoms with E-state index in [1.54, 1.807) is 11.0 Å². The summed E-state index contributed by atoms with van der Waals surface area (Å²) in [4.78, 5) is 12.8. The lowest BCUT2D eigenvalue weighted by atomic mass is 10.1. The summed E-state index contributed by atoms with van der Waals surface area (Å²) in [6.45, 7) is 0.985. The average Bonchev–Trinajstić information content (AvgIpc) is 2.63. The van der Waals surface area contributed by atoms with Crippen molar-refractivity contribution in [1.82, 2.24) is 4.90 Å². The molecule has 1 aromatic carbocycles. The molecule has 17 heavy (non-hydrogen) atoms. The van der Waals surface area contributed by atoms with Gasteiger partial charge < -0.3 is 0 Å². The second kappa shape index (κ2) is 4.49. The maximum Gasteiger partial charge on any atom is 0.416 e. The molecule has 0 unspecified atom stereocenters. The molecule has 92 valence electrons. The third-order valence-electron chi connectivity index (χ3n) is 2.82. The third kappa shape index (κ3) is 2.85. The van der Waals surface area contributed by atoms with Crippen LogP contribution in [-0.2, 0) is 17.5 Å². The van der Waals surface area contributed by atoms with Gasteiger partial charge in [0, 0.05) is 19.5 Å². The lowest BCUT2D eigenvalue weighted by Crippen LogP contribution is -2.22. The van der Waals surface area contributed by atoms with Gasteiger partial charge in [-0.3, -0.25) is 9.69 Å². The molecule has 0 saturated carbocycles. The highest BCUT2D eigenvalue weighted by Crippen LogP contribution is 2.32. The number of alkyl halides is 3. The zero-order chi connectivity index (χ0) is 12.5. The Morgan fingerprint density at radius 1 is 1.24 bits per heavy atom.